The molecule has 1 heterocycles. The summed E-state index contributed by atoms with van der Waals surface area (Å²) >= 11 is 6.21. The van der Waals surface area contributed by atoms with Crippen molar-refractivity contribution in [2.45, 2.75) is 0 Å². The van der Waals surface area contributed by atoms with Crippen LogP contribution in [-0.2, 0) is 0 Å². The van der Waals surface area contributed by atoms with Gasteiger partial charge in [0.2, 0.25) is 5.95 Å². The summed E-state index contributed by atoms with van der Waals surface area (Å²) in [6.45, 7) is 0. The lowest BCUT2D eigenvalue weighted by Gasteiger charge is -2.09. The fourth-order valence-corrected chi connectivity index (χ4v) is 3.24. The van der Waals surface area contributed by atoms with E-state index in [-0.39, 0.29) is 0 Å². The number of hydrogen-bond donors (Lipinski definition) is 1. The first kappa shape index (κ1) is 19.7. The molecule has 0 saturated heterocycles. The fraction of sp³-hybridized carbons (Fsp3) is 0.0870. The molecule has 0 aliphatic rings. The Hall–Kier alpha value is -3.64. The molecule has 0 atom stereocenters. The van der Waals surface area contributed by atoms with Crippen molar-refractivity contribution in [2.24, 2.45) is 5.10 Å². The van der Waals surface area contributed by atoms with Crippen LogP contribution in [0.25, 0.3) is 22.2 Å². The van der Waals surface area contributed by atoms with Crippen LogP contribution in [-0.4, -0.2) is 30.4 Å². The van der Waals surface area contributed by atoms with E-state index in [0.29, 0.717) is 22.5 Å². The maximum absolute atomic E-state index is 6.21. The Labute approximate surface area is 179 Å². The highest BCUT2D eigenvalue weighted by Crippen LogP contribution is 2.29. The van der Waals surface area contributed by atoms with Crippen LogP contribution in [0.5, 0.6) is 11.5 Å². The number of fused-ring (bicyclic) bond motifs is 1. The molecule has 0 saturated carbocycles. The van der Waals surface area contributed by atoms with Gasteiger partial charge in [0, 0.05) is 21.5 Å². The van der Waals surface area contributed by atoms with Gasteiger partial charge < -0.3 is 9.47 Å². The van der Waals surface area contributed by atoms with Gasteiger partial charge in [-0.05, 0) is 36.4 Å². The highest BCUT2D eigenvalue weighted by atomic mass is 35.5. The van der Waals surface area contributed by atoms with E-state index in [0.717, 1.165) is 27.7 Å². The van der Waals surface area contributed by atoms with Gasteiger partial charge in [0.25, 0.3) is 0 Å². The Kier molecular flexibility index (Phi) is 5.77. The maximum Gasteiger partial charge on any atom is 0.244 e. The second kappa shape index (κ2) is 8.80. The molecule has 7 heteroatoms. The van der Waals surface area contributed by atoms with Crippen molar-refractivity contribution in [3.63, 3.8) is 0 Å². The molecule has 1 aromatic heterocycles. The Balaban J connectivity index is 1.70. The van der Waals surface area contributed by atoms with Gasteiger partial charge in [-0.3, -0.25) is 0 Å². The Morgan fingerprint density at radius 3 is 2.53 bits per heavy atom. The van der Waals surface area contributed by atoms with Crippen LogP contribution in [0, 0.1) is 0 Å². The summed E-state index contributed by atoms with van der Waals surface area (Å²) in [5.41, 5.74) is 6.19. The zero-order valence-corrected chi connectivity index (χ0v) is 17.2. The topological polar surface area (TPSA) is 68.6 Å². The minimum atomic E-state index is 0.377. The van der Waals surface area contributed by atoms with Gasteiger partial charge in [-0.1, -0.05) is 41.9 Å². The van der Waals surface area contributed by atoms with Gasteiger partial charge in [0.05, 0.1) is 31.6 Å². The van der Waals surface area contributed by atoms with Crippen LogP contribution < -0.4 is 14.9 Å². The van der Waals surface area contributed by atoms with Crippen molar-refractivity contribution < 1.29 is 9.47 Å². The number of hydrazone groups is 1. The average molecular weight is 419 g/mol. The monoisotopic (exact) mass is 418 g/mol. The summed E-state index contributed by atoms with van der Waals surface area (Å²) in [7, 11) is 3.22. The molecular formula is C23H19ClN4O2. The Morgan fingerprint density at radius 2 is 1.77 bits per heavy atom. The molecule has 150 valence electrons. The molecule has 0 unspecified atom stereocenters. The van der Waals surface area contributed by atoms with Crippen LogP contribution in [0.15, 0.2) is 71.8 Å². The van der Waals surface area contributed by atoms with Crippen LogP contribution in [0.1, 0.15) is 5.56 Å². The quantitative estimate of drug-likeness (QED) is 0.335. The minimum Gasteiger partial charge on any atom is -0.497 e. The lowest BCUT2D eigenvalue weighted by Crippen LogP contribution is -2.00. The lowest BCUT2D eigenvalue weighted by atomic mass is 10.1. The first-order chi connectivity index (χ1) is 14.7. The van der Waals surface area contributed by atoms with E-state index >= 15 is 0 Å². The Bertz CT molecular complexity index is 1210. The van der Waals surface area contributed by atoms with Crippen LogP contribution >= 0.6 is 11.6 Å². The largest absolute Gasteiger partial charge is 0.497 e. The molecule has 6 nitrogen and oxygen atoms in total. The number of ether oxygens (including phenoxy) is 2. The first-order valence-electron chi connectivity index (χ1n) is 9.22. The molecule has 0 amide bonds. The molecule has 30 heavy (non-hydrogen) atoms. The molecule has 4 aromatic rings. The predicted octanol–water partition coefficient (Wildman–Crippen LogP) is 5.41. The SMILES string of the molecule is COc1ccc(OC)c(C=NNc2nc(-c3ccccc3)c3cc(Cl)ccc3n2)c1. The summed E-state index contributed by atoms with van der Waals surface area (Å²) in [5.74, 6) is 1.77. The van der Waals surface area contributed by atoms with Gasteiger partial charge in [-0.15, -0.1) is 0 Å². The third-order valence-corrected chi connectivity index (χ3v) is 4.75. The summed E-state index contributed by atoms with van der Waals surface area (Å²) in [5, 5.41) is 5.80. The lowest BCUT2D eigenvalue weighted by molar-refractivity contribution is 0.402. The van der Waals surface area contributed by atoms with Crippen molar-refractivity contribution in [3.05, 3.63) is 77.3 Å². The number of nitrogens with zero attached hydrogens (tertiary/aromatic N) is 3. The van der Waals surface area contributed by atoms with E-state index in [2.05, 4.69) is 20.5 Å². The number of rotatable bonds is 6. The molecule has 0 fully saturated rings. The zero-order chi connectivity index (χ0) is 20.9. The van der Waals surface area contributed by atoms with E-state index in [4.69, 9.17) is 21.1 Å². The molecule has 1 N–H and O–H groups in total. The molecule has 0 aliphatic carbocycles. The molecule has 3 aromatic carbocycles. The average Bonchev–Trinajstić information content (AvgIpc) is 2.79. The highest BCUT2D eigenvalue weighted by Gasteiger charge is 2.10. The summed E-state index contributed by atoms with van der Waals surface area (Å²) in [4.78, 5) is 9.23. The highest BCUT2D eigenvalue weighted by molar-refractivity contribution is 6.31. The van der Waals surface area contributed by atoms with E-state index in [1.807, 2.05) is 60.7 Å². The number of aromatic nitrogens is 2. The molecular weight excluding hydrogens is 400 g/mol. The van der Waals surface area contributed by atoms with E-state index < -0.39 is 0 Å². The van der Waals surface area contributed by atoms with E-state index in [1.54, 1.807) is 26.5 Å². The second-order valence-corrected chi connectivity index (χ2v) is 6.84. The van der Waals surface area contributed by atoms with Crippen molar-refractivity contribution in [3.8, 4) is 22.8 Å². The van der Waals surface area contributed by atoms with Gasteiger partial charge in [-0.2, -0.15) is 5.10 Å². The predicted molar refractivity (Wildman–Crippen MR) is 121 cm³/mol. The Morgan fingerprint density at radius 1 is 0.933 bits per heavy atom. The number of halogens is 1. The fourth-order valence-electron chi connectivity index (χ4n) is 3.07. The number of hydrogen-bond acceptors (Lipinski definition) is 6. The van der Waals surface area contributed by atoms with E-state index in [1.165, 1.54) is 0 Å². The van der Waals surface area contributed by atoms with Crippen LogP contribution in [0.3, 0.4) is 0 Å². The van der Waals surface area contributed by atoms with Crippen LogP contribution in [0.2, 0.25) is 5.02 Å². The van der Waals surface area contributed by atoms with Crippen molar-refractivity contribution in [1.82, 2.24) is 9.97 Å². The van der Waals surface area contributed by atoms with E-state index in [9.17, 15) is 0 Å². The zero-order valence-electron chi connectivity index (χ0n) is 16.5. The molecule has 0 spiro atoms. The number of benzene rings is 3. The molecule has 0 aliphatic heterocycles. The summed E-state index contributed by atoms with van der Waals surface area (Å²) < 4.78 is 10.6. The summed E-state index contributed by atoms with van der Waals surface area (Å²) in [6, 6.07) is 20.9. The van der Waals surface area contributed by atoms with Gasteiger partial charge in [0.1, 0.15) is 11.5 Å². The normalized spacial score (nSPS) is 11.0. The third kappa shape index (κ3) is 4.18. The van der Waals surface area contributed by atoms with Crippen molar-refractivity contribution in [1.29, 1.82) is 0 Å². The smallest absolute Gasteiger partial charge is 0.244 e. The van der Waals surface area contributed by atoms with Crippen LogP contribution in [0.4, 0.5) is 5.95 Å². The first-order valence-corrected chi connectivity index (χ1v) is 9.59. The number of anilines is 1. The number of methoxy groups -OCH3 is 2. The second-order valence-electron chi connectivity index (χ2n) is 6.40. The molecule has 0 bridgehead atoms. The van der Waals surface area contributed by atoms with Crippen molar-refractivity contribution >= 4 is 34.7 Å². The van der Waals surface area contributed by atoms with Gasteiger partial charge in [-0.25, -0.2) is 15.4 Å². The number of nitrogens with one attached hydrogen (secondary N) is 1. The van der Waals surface area contributed by atoms with Gasteiger partial charge >= 0.3 is 0 Å². The summed E-state index contributed by atoms with van der Waals surface area (Å²) in [6.07, 6.45) is 1.64. The van der Waals surface area contributed by atoms with Gasteiger partial charge in [0.15, 0.2) is 0 Å². The standard InChI is InChI=1S/C23H19ClN4O2/c1-29-18-9-11-21(30-2)16(12-18)14-25-28-23-26-20-10-8-17(24)13-19(20)22(27-23)15-6-4-3-5-7-15/h3-14H,1-2H3,(H,26,27,28). The maximum atomic E-state index is 6.21. The molecule has 0 radical (unpaired) electrons. The molecule has 4 rings (SSSR count). The van der Waals surface area contributed by atoms with Crippen molar-refractivity contribution in [2.75, 3.05) is 19.6 Å². The third-order valence-electron chi connectivity index (χ3n) is 4.51. The minimum absolute atomic E-state index is 0.377.